The number of rotatable bonds is 3. The molecule has 2 aromatic rings. The van der Waals surface area contributed by atoms with Crippen LogP contribution < -0.4 is 0 Å². The Morgan fingerprint density at radius 1 is 1.47 bits per heavy atom. The van der Waals surface area contributed by atoms with Crippen molar-refractivity contribution >= 4 is 17.7 Å². The molecular weight excluding hydrogens is 264 g/mol. The number of hydrogen-bond donors (Lipinski definition) is 1. The van der Waals surface area contributed by atoms with Crippen LogP contribution in [-0.4, -0.2) is 30.8 Å². The number of hydrogen-bond acceptors (Lipinski definition) is 5. The highest BCUT2D eigenvalue weighted by Crippen LogP contribution is 2.31. The minimum atomic E-state index is -0.952. The van der Waals surface area contributed by atoms with Crippen LogP contribution in [0.15, 0.2) is 22.6 Å². The number of aromatic carboxylic acids is 1. The van der Waals surface area contributed by atoms with E-state index in [4.69, 9.17) is 0 Å². The van der Waals surface area contributed by atoms with Crippen LogP contribution in [0.2, 0.25) is 0 Å². The predicted octanol–water partition coefficient (Wildman–Crippen LogP) is 1.55. The van der Waals surface area contributed by atoms with Crippen LogP contribution in [0.1, 0.15) is 28.0 Å². The van der Waals surface area contributed by atoms with E-state index in [-0.39, 0.29) is 5.56 Å². The first-order valence-electron chi connectivity index (χ1n) is 5.93. The van der Waals surface area contributed by atoms with Crippen molar-refractivity contribution in [3.63, 3.8) is 0 Å². The van der Waals surface area contributed by atoms with Crippen molar-refractivity contribution in [2.75, 3.05) is 0 Å². The monoisotopic (exact) mass is 276 g/mol. The fourth-order valence-corrected chi connectivity index (χ4v) is 3.00. The first-order valence-corrected chi connectivity index (χ1v) is 6.74. The van der Waals surface area contributed by atoms with Gasteiger partial charge in [0.25, 0.3) is 0 Å². The molecule has 0 unspecified atom stereocenters. The van der Waals surface area contributed by atoms with E-state index in [0.717, 1.165) is 30.5 Å². The molecule has 0 bridgehead atoms. The third-order valence-corrected chi connectivity index (χ3v) is 4.16. The SMILES string of the molecule is Cn1cnnc1Sc1nc2c(cc1C(=O)O)CCC2. The van der Waals surface area contributed by atoms with E-state index >= 15 is 0 Å². The van der Waals surface area contributed by atoms with Gasteiger partial charge in [0.05, 0.1) is 5.56 Å². The maximum absolute atomic E-state index is 11.3. The second-order valence-corrected chi connectivity index (χ2v) is 5.39. The van der Waals surface area contributed by atoms with Crippen LogP contribution in [0.3, 0.4) is 0 Å². The van der Waals surface area contributed by atoms with Crippen molar-refractivity contribution < 1.29 is 9.90 Å². The predicted molar refractivity (Wildman–Crippen MR) is 68.3 cm³/mol. The third kappa shape index (κ3) is 2.21. The first-order chi connectivity index (χ1) is 9.15. The summed E-state index contributed by atoms with van der Waals surface area (Å²) in [5.74, 6) is -0.952. The molecule has 0 aromatic carbocycles. The van der Waals surface area contributed by atoms with Crippen molar-refractivity contribution in [3.05, 3.63) is 29.2 Å². The van der Waals surface area contributed by atoms with Crippen molar-refractivity contribution in [1.29, 1.82) is 0 Å². The number of aromatic nitrogens is 4. The van der Waals surface area contributed by atoms with Crippen molar-refractivity contribution in [2.24, 2.45) is 7.05 Å². The van der Waals surface area contributed by atoms with Gasteiger partial charge in [0.2, 0.25) is 0 Å². The summed E-state index contributed by atoms with van der Waals surface area (Å²) in [5.41, 5.74) is 2.31. The van der Waals surface area contributed by atoms with Crippen LogP contribution in [0.5, 0.6) is 0 Å². The lowest BCUT2D eigenvalue weighted by molar-refractivity contribution is 0.0692. The summed E-state index contributed by atoms with van der Waals surface area (Å²) >= 11 is 1.24. The number of pyridine rings is 1. The molecule has 1 aliphatic rings. The van der Waals surface area contributed by atoms with Gasteiger partial charge < -0.3 is 9.67 Å². The molecule has 3 rings (SSSR count). The Hall–Kier alpha value is -1.89. The summed E-state index contributed by atoms with van der Waals surface area (Å²) in [4.78, 5) is 15.8. The van der Waals surface area contributed by atoms with Crippen molar-refractivity contribution in [3.8, 4) is 0 Å². The van der Waals surface area contributed by atoms with E-state index in [1.54, 1.807) is 17.0 Å². The summed E-state index contributed by atoms with van der Waals surface area (Å²) in [6.45, 7) is 0. The molecule has 6 nitrogen and oxygen atoms in total. The quantitative estimate of drug-likeness (QED) is 0.916. The van der Waals surface area contributed by atoms with Gasteiger partial charge in [0.15, 0.2) is 5.16 Å². The van der Waals surface area contributed by atoms with Crippen molar-refractivity contribution in [1.82, 2.24) is 19.7 Å². The molecule has 0 spiro atoms. The molecule has 0 aliphatic heterocycles. The standard InChI is InChI=1S/C12H12N4O2S/c1-16-6-13-15-12(16)19-10-8(11(17)18)5-7-3-2-4-9(7)14-10/h5-6H,2-4H2,1H3,(H,17,18). The van der Waals surface area contributed by atoms with Gasteiger partial charge in [-0.25, -0.2) is 9.78 Å². The van der Waals surface area contributed by atoms with E-state index in [2.05, 4.69) is 15.2 Å². The van der Waals surface area contributed by atoms with Gasteiger partial charge in [0.1, 0.15) is 11.4 Å². The summed E-state index contributed by atoms with van der Waals surface area (Å²) in [7, 11) is 1.82. The topological polar surface area (TPSA) is 80.9 Å². The lowest BCUT2D eigenvalue weighted by Crippen LogP contribution is -2.04. The van der Waals surface area contributed by atoms with Gasteiger partial charge in [-0.3, -0.25) is 0 Å². The van der Waals surface area contributed by atoms with Crippen LogP contribution >= 0.6 is 11.8 Å². The average molecular weight is 276 g/mol. The zero-order chi connectivity index (χ0) is 13.4. The van der Waals surface area contributed by atoms with E-state index in [9.17, 15) is 9.90 Å². The molecule has 2 heterocycles. The van der Waals surface area contributed by atoms with E-state index in [1.807, 2.05) is 7.05 Å². The first kappa shape index (κ1) is 12.2. The molecule has 0 saturated carbocycles. The Kier molecular flexibility index (Phi) is 2.98. The molecule has 98 valence electrons. The van der Waals surface area contributed by atoms with Crippen LogP contribution in [0, 0.1) is 0 Å². The van der Waals surface area contributed by atoms with Gasteiger partial charge in [-0.05, 0) is 42.7 Å². The Balaban J connectivity index is 2.04. The number of fused-ring (bicyclic) bond motifs is 1. The smallest absolute Gasteiger partial charge is 0.338 e. The lowest BCUT2D eigenvalue weighted by atomic mass is 10.1. The highest BCUT2D eigenvalue weighted by Gasteiger charge is 2.21. The molecule has 7 heteroatoms. The second-order valence-electron chi connectivity index (χ2n) is 4.43. The minimum absolute atomic E-state index is 0.244. The van der Waals surface area contributed by atoms with Crippen LogP contribution in [0.25, 0.3) is 0 Å². The fourth-order valence-electron chi connectivity index (χ4n) is 2.14. The zero-order valence-corrected chi connectivity index (χ0v) is 11.1. The number of carboxylic acid groups (broad SMARTS) is 1. The minimum Gasteiger partial charge on any atom is -0.478 e. The average Bonchev–Trinajstić information content (AvgIpc) is 2.97. The van der Waals surface area contributed by atoms with Gasteiger partial charge in [-0.2, -0.15) is 0 Å². The van der Waals surface area contributed by atoms with E-state index in [1.165, 1.54) is 11.8 Å². The number of carbonyl (C=O) groups is 1. The van der Waals surface area contributed by atoms with Crippen LogP contribution in [-0.2, 0) is 19.9 Å². The van der Waals surface area contributed by atoms with Crippen molar-refractivity contribution in [2.45, 2.75) is 29.4 Å². The summed E-state index contributed by atoms with van der Waals surface area (Å²) < 4.78 is 1.74. The molecule has 2 aromatic heterocycles. The largest absolute Gasteiger partial charge is 0.478 e. The molecular formula is C12H12N4O2S. The molecule has 0 amide bonds. The Morgan fingerprint density at radius 2 is 2.32 bits per heavy atom. The fraction of sp³-hybridized carbons (Fsp3) is 0.333. The molecule has 19 heavy (non-hydrogen) atoms. The molecule has 0 atom stereocenters. The normalized spacial score (nSPS) is 13.5. The molecule has 0 saturated heterocycles. The maximum Gasteiger partial charge on any atom is 0.338 e. The second kappa shape index (κ2) is 4.65. The van der Waals surface area contributed by atoms with Gasteiger partial charge in [0, 0.05) is 12.7 Å². The molecule has 1 aliphatic carbocycles. The van der Waals surface area contributed by atoms with Gasteiger partial charge in [-0.1, -0.05) is 0 Å². The zero-order valence-electron chi connectivity index (χ0n) is 10.3. The molecule has 0 radical (unpaired) electrons. The molecule has 1 N–H and O–H groups in total. The number of aryl methyl sites for hydroxylation is 3. The van der Waals surface area contributed by atoms with Crippen LogP contribution in [0.4, 0.5) is 0 Å². The van der Waals surface area contributed by atoms with Gasteiger partial charge >= 0.3 is 5.97 Å². The number of nitrogens with zero attached hydrogens (tertiary/aromatic N) is 4. The van der Waals surface area contributed by atoms with E-state index < -0.39 is 5.97 Å². The highest BCUT2D eigenvalue weighted by molar-refractivity contribution is 7.99. The lowest BCUT2D eigenvalue weighted by Gasteiger charge is -2.07. The summed E-state index contributed by atoms with van der Waals surface area (Å²) in [6.07, 6.45) is 4.45. The summed E-state index contributed by atoms with van der Waals surface area (Å²) in [5, 5.41) is 18.2. The third-order valence-electron chi connectivity index (χ3n) is 3.10. The Bertz CT molecular complexity index is 653. The summed E-state index contributed by atoms with van der Waals surface area (Å²) in [6, 6.07) is 1.75. The maximum atomic E-state index is 11.3. The van der Waals surface area contributed by atoms with Gasteiger partial charge in [-0.15, -0.1) is 10.2 Å². The Labute approximate surface area is 113 Å². The highest BCUT2D eigenvalue weighted by atomic mass is 32.2. The number of carboxylic acids is 1. The molecule has 0 fully saturated rings. The van der Waals surface area contributed by atoms with E-state index in [0.29, 0.717) is 10.2 Å². The Morgan fingerprint density at radius 3 is 3.00 bits per heavy atom.